The maximum atomic E-state index is 11.2. The summed E-state index contributed by atoms with van der Waals surface area (Å²) in [5.74, 6) is 0.615. The van der Waals surface area contributed by atoms with E-state index < -0.39 is 10.0 Å². The van der Waals surface area contributed by atoms with Crippen molar-refractivity contribution in [1.29, 1.82) is 0 Å². The minimum absolute atomic E-state index is 0.124. The smallest absolute Gasteiger partial charge is 0.238 e. The Bertz CT molecular complexity index is 521. The monoisotopic (exact) mass is 255 g/mol. The van der Waals surface area contributed by atoms with Crippen molar-refractivity contribution in [2.75, 3.05) is 6.61 Å². The number of hydrogen-bond donors (Lipinski definition) is 1. The highest BCUT2D eigenvalue weighted by molar-refractivity contribution is 7.89. The molecule has 0 bridgehead atoms. The van der Waals surface area contributed by atoms with Crippen molar-refractivity contribution in [2.24, 2.45) is 5.14 Å². The molecular formula is C12H17NO3S. The van der Waals surface area contributed by atoms with Crippen molar-refractivity contribution < 1.29 is 13.2 Å². The zero-order valence-corrected chi connectivity index (χ0v) is 10.9. The number of ether oxygens (including phenoxy) is 1. The van der Waals surface area contributed by atoms with E-state index in [1.807, 2.05) is 6.92 Å². The summed E-state index contributed by atoms with van der Waals surface area (Å²) in [4.78, 5) is 0.124. The van der Waals surface area contributed by atoms with Crippen LogP contribution in [0, 0.1) is 6.92 Å². The van der Waals surface area contributed by atoms with Gasteiger partial charge in [-0.25, -0.2) is 13.6 Å². The minimum Gasteiger partial charge on any atom is -0.489 e. The van der Waals surface area contributed by atoms with E-state index in [9.17, 15) is 8.42 Å². The van der Waals surface area contributed by atoms with Crippen molar-refractivity contribution >= 4 is 10.0 Å². The van der Waals surface area contributed by atoms with Crippen LogP contribution >= 0.6 is 0 Å². The highest BCUT2D eigenvalue weighted by Gasteiger charge is 2.11. The summed E-state index contributed by atoms with van der Waals surface area (Å²) in [5.41, 5.74) is 1.56. The Labute approximate surface area is 102 Å². The third-order valence-electron chi connectivity index (χ3n) is 2.40. The summed E-state index contributed by atoms with van der Waals surface area (Å²) in [6, 6.07) is 4.70. The molecule has 4 nitrogen and oxygen atoms in total. The van der Waals surface area contributed by atoms with Gasteiger partial charge >= 0.3 is 0 Å². The zero-order valence-electron chi connectivity index (χ0n) is 10.1. The van der Waals surface area contributed by atoms with Crippen molar-refractivity contribution in [2.45, 2.75) is 25.2 Å². The number of primary sulfonamides is 1. The summed E-state index contributed by atoms with van der Waals surface area (Å²) < 4.78 is 27.9. The van der Waals surface area contributed by atoms with Gasteiger partial charge < -0.3 is 4.74 Å². The molecule has 0 aromatic heterocycles. The molecule has 0 spiro atoms. The average Bonchev–Trinajstić information content (AvgIpc) is 2.24. The number of rotatable bonds is 5. The van der Waals surface area contributed by atoms with Crippen molar-refractivity contribution in [1.82, 2.24) is 0 Å². The predicted molar refractivity (Wildman–Crippen MR) is 67.5 cm³/mol. The fraction of sp³-hybridized carbons (Fsp3) is 0.333. The molecule has 0 radical (unpaired) electrons. The Morgan fingerprint density at radius 3 is 2.59 bits per heavy atom. The first kappa shape index (κ1) is 13.7. The highest BCUT2D eigenvalue weighted by Crippen LogP contribution is 2.20. The first-order valence-corrected chi connectivity index (χ1v) is 6.82. The van der Waals surface area contributed by atoms with Gasteiger partial charge in [0.2, 0.25) is 10.0 Å². The summed E-state index contributed by atoms with van der Waals surface area (Å²) >= 11 is 0. The first-order chi connectivity index (χ1) is 7.84. The lowest BCUT2D eigenvalue weighted by molar-refractivity contribution is 0.348. The normalized spacial score (nSPS) is 11.2. The first-order valence-electron chi connectivity index (χ1n) is 5.27. The van der Waals surface area contributed by atoms with Gasteiger partial charge in [-0.3, -0.25) is 0 Å². The average molecular weight is 255 g/mol. The topological polar surface area (TPSA) is 69.4 Å². The molecule has 0 heterocycles. The van der Waals surface area contributed by atoms with E-state index >= 15 is 0 Å². The number of hydrogen-bond acceptors (Lipinski definition) is 3. The predicted octanol–water partition coefficient (Wildman–Crippen LogP) is 1.99. The molecule has 17 heavy (non-hydrogen) atoms. The summed E-state index contributed by atoms with van der Waals surface area (Å²) in [7, 11) is -3.66. The van der Waals surface area contributed by atoms with Gasteiger partial charge in [0.05, 0.1) is 4.90 Å². The van der Waals surface area contributed by atoms with Crippen LogP contribution in [0.3, 0.4) is 0 Å². The van der Waals surface area contributed by atoms with Crippen LogP contribution in [-0.2, 0) is 10.0 Å². The van der Waals surface area contributed by atoms with E-state index in [1.165, 1.54) is 6.07 Å². The second-order valence-corrected chi connectivity index (χ2v) is 5.39. The van der Waals surface area contributed by atoms with Gasteiger partial charge in [0, 0.05) is 0 Å². The second kappa shape index (κ2) is 5.33. The van der Waals surface area contributed by atoms with E-state index in [-0.39, 0.29) is 4.90 Å². The maximum Gasteiger partial charge on any atom is 0.238 e. The molecule has 0 unspecified atom stereocenters. The fourth-order valence-electron chi connectivity index (χ4n) is 1.32. The molecule has 0 amide bonds. The zero-order chi connectivity index (χ0) is 13.1. The molecule has 0 fully saturated rings. The third-order valence-corrected chi connectivity index (χ3v) is 3.47. The van der Waals surface area contributed by atoms with Crippen LogP contribution in [0.25, 0.3) is 0 Å². The van der Waals surface area contributed by atoms with Crippen molar-refractivity contribution in [3.63, 3.8) is 0 Å². The van der Waals surface area contributed by atoms with Crippen molar-refractivity contribution in [3.8, 4) is 5.75 Å². The third kappa shape index (κ3) is 3.87. The van der Waals surface area contributed by atoms with Crippen LogP contribution in [0.4, 0.5) is 0 Å². The quantitative estimate of drug-likeness (QED) is 0.818. The van der Waals surface area contributed by atoms with E-state index in [2.05, 4.69) is 6.58 Å². The van der Waals surface area contributed by atoms with Gasteiger partial charge in [-0.1, -0.05) is 13.5 Å². The molecule has 94 valence electrons. The van der Waals surface area contributed by atoms with Crippen molar-refractivity contribution in [3.05, 3.63) is 35.9 Å². The Kier molecular flexibility index (Phi) is 4.31. The fourth-order valence-corrected chi connectivity index (χ4v) is 2.08. The standard InChI is InChI=1S/C12H17NO3S/c1-4-9(2)8-16-11-5-6-12(10(3)7-11)17(13,14)15/h5-7H,2,4,8H2,1,3H3,(H2,13,14,15). The van der Waals surface area contributed by atoms with Crippen LogP contribution < -0.4 is 9.88 Å². The second-order valence-electron chi connectivity index (χ2n) is 3.86. The minimum atomic E-state index is -3.66. The van der Waals surface area contributed by atoms with Crippen LogP contribution in [-0.4, -0.2) is 15.0 Å². The molecule has 5 heteroatoms. The van der Waals surface area contributed by atoms with Crippen LogP contribution in [0.1, 0.15) is 18.9 Å². The van der Waals surface area contributed by atoms with Gasteiger partial charge in [0.25, 0.3) is 0 Å². The summed E-state index contributed by atoms with van der Waals surface area (Å²) in [6.45, 7) is 7.94. The number of benzene rings is 1. The Morgan fingerprint density at radius 2 is 2.12 bits per heavy atom. The molecule has 0 aliphatic carbocycles. The Morgan fingerprint density at radius 1 is 1.47 bits per heavy atom. The molecule has 1 aromatic carbocycles. The van der Waals surface area contributed by atoms with Gasteiger partial charge in [0.1, 0.15) is 12.4 Å². The number of nitrogens with two attached hydrogens (primary N) is 1. The SMILES string of the molecule is C=C(CC)COc1ccc(S(N)(=O)=O)c(C)c1. The van der Waals surface area contributed by atoms with Gasteiger partial charge in [-0.05, 0) is 42.7 Å². The molecule has 0 saturated carbocycles. The largest absolute Gasteiger partial charge is 0.489 e. The molecule has 0 aliphatic heterocycles. The van der Waals surface area contributed by atoms with E-state index in [1.54, 1.807) is 19.1 Å². The highest BCUT2D eigenvalue weighted by atomic mass is 32.2. The Balaban J connectivity index is 2.87. The molecular weight excluding hydrogens is 238 g/mol. The van der Waals surface area contributed by atoms with Crippen LogP contribution in [0.15, 0.2) is 35.2 Å². The molecule has 0 saturated heterocycles. The van der Waals surface area contributed by atoms with Crippen LogP contribution in [0.2, 0.25) is 0 Å². The number of aryl methyl sites for hydroxylation is 1. The molecule has 2 N–H and O–H groups in total. The lowest BCUT2D eigenvalue weighted by atomic mass is 10.2. The molecule has 0 atom stereocenters. The molecule has 1 aromatic rings. The lowest BCUT2D eigenvalue weighted by Gasteiger charge is -2.09. The Hall–Kier alpha value is -1.33. The maximum absolute atomic E-state index is 11.2. The van der Waals surface area contributed by atoms with E-state index in [0.717, 1.165) is 12.0 Å². The molecule has 0 aliphatic rings. The van der Waals surface area contributed by atoms with Crippen LogP contribution in [0.5, 0.6) is 5.75 Å². The summed E-state index contributed by atoms with van der Waals surface area (Å²) in [5, 5.41) is 5.07. The van der Waals surface area contributed by atoms with E-state index in [0.29, 0.717) is 17.9 Å². The lowest BCUT2D eigenvalue weighted by Crippen LogP contribution is -2.13. The molecule has 1 rings (SSSR count). The van der Waals surface area contributed by atoms with Gasteiger partial charge in [0.15, 0.2) is 0 Å². The van der Waals surface area contributed by atoms with Gasteiger partial charge in [-0.15, -0.1) is 0 Å². The van der Waals surface area contributed by atoms with Gasteiger partial charge in [-0.2, -0.15) is 0 Å². The van der Waals surface area contributed by atoms with E-state index in [4.69, 9.17) is 9.88 Å². The summed E-state index contributed by atoms with van der Waals surface area (Å²) in [6.07, 6.45) is 0.855. The number of sulfonamides is 1.